The van der Waals surface area contributed by atoms with Gasteiger partial charge in [0.1, 0.15) is 5.69 Å². The van der Waals surface area contributed by atoms with Crippen LogP contribution >= 0.6 is 47.2 Å². The minimum atomic E-state index is -1.82. The first kappa shape index (κ1) is 17.3. The lowest BCUT2D eigenvalue weighted by molar-refractivity contribution is 0.531. The van der Waals surface area contributed by atoms with Crippen LogP contribution in [0.5, 0.6) is 0 Å². The van der Waals surface area contributed by atoms with Gasteiger partial charge in [0.15, 0.2) is 0 Å². The van der Waals surface area contributed by atoms with E-state index in [9.17, 15) is 4.79 Å². The third-order valence-electron chi connectivity index (χ3n) is 2.43. The number of nitrogen functional groups attached to an aromatic ring is 1. The molecule has 2 N–H and O–H groups in total. The van der Waals surface area contributed by atoms with Crippen molar-refractivity contribution in [1.29, 1.82) is 0 Å². The molecule has 7 nitrogen and oxygen atoms in total. The Labute approximate surface area is 135 Å². The van der Waals surface area contributed by atoms with E-state index >= 15 is 0 Å². The van der Waals surface area contributed by atoms with Crippen LogP contribution < -0.4 is 11.4 Å². The minimum Gasteiger partial charge on any atom is -0.333 e. The topological polar surface area (TPSA) is 91.1 Å². The molecular weight excluding hydrogens is 350 g/mol. The van der Waals surface area contributed by atoms with Crippen molar-refractivity contribution >= 4 is 53.0 Å². The summed E-state index contributed by atoms with van der Waals surface area (Å²) >= 11 is 17.3. The van der Waals surface area contributed by atoms with Crippen LogP contribution in [0.15, 0.2) is 4.79 Å². The standard InChI is InChI=1S/C9H11Cl3N6O.ClH/c1-8(2,3)4-5(19)17(13)7-15-14-6(9(10,11)12)18(7)16-4;/h13H2,1-3H3;1H. The fraction of sp³-hybridized carbons (Fsp3) is 0.556. The van der Waals surface area contributed by atoms with Crippen LogP contribution in [0.3, 0.4) is 0 Å². The molecule has 0 aliphatic rings. The zero-order chi connectivity index (χ0) is 14.6. The molecule has 0 fully saturated rings. The SMILES string of the molecule is CC(C)(C)c1nn2c(C(Cl)(Cl)Cl)nnc2n(N)c1=O.Cl. The molecule has 0 bridgehead atoms. The molecule has 0 radical (unpaired) electrons. The number of fused-ring (bicyclic) bond motifs is 1. The fourth-order valence-electron chi connectivity index (χ4n) is 1.51. The number of nitrogens with zero attached hydrogens (tertiary/aromatic N) is 5. The highest BCUT2D eigenvalue weighted by atomic mass is 35.6. The summed E-state index contributed by atoms with van der Waals surface area (Å²) in [6.45, 7) is 5.46. The van der Waals surface area contributed by atoms with Crippen LogP contribution in [-0.2, 0) is 9.21 Å². The summed E-state index contributed by atoms with van der Waals surface area (Å²) in [4.78, 5) is 12.1. The number of rotatable bonds is 0. The molecule has 2 aromatic heterocycles. The van der Waals surface area contributed by atoms with E-state index in [1.54, 1.807) is 0 Å². The maximum absolute atomic E-state index is 12.1. The smallest absolute Gasteiger partial charge is 0.295 e. The average molecular weight is 362 g/mol. The molecule has 20 heavy (non-hydrogen) atoms. The molecule has 0 saturated heterocycles. The Morgan fingerprint density at radius 1 is 1.15 bits per heavy atom. The Bertz CT molecular complexity index is 695. The Balaban J connectivity index is 0.00000200. The van der Waals surface area contributed by atoms with Gasteiger partial charge in [-0.25, -0.2) is 0 Å². The molecule has 0 unspecified atom stereocenters. The van der Waals surface area contributed by atoms with E-state index < -0.39 is 14.8 Å². The molecule has 0 atom stereocenters. The summed E-state index contributed by atoms with van der Waals surface area (Å²) in [7, 11) is 0. The zero-order valence-corrected chi connectivity index (χ0v) is 13.8. The van der Waals surface area contributed by atoms with Crippen LogP contribution in [0.2, 0.25) is 0 Å². The molecule has 0 spiro atoms. The molecule has 0 saturated carbocycles. The van der Waals surface area contributed by atoms with E-state index in [4.69, 9.17) is 40.6 Å². The molecule has 112 valence electrons. The van der Waals surface area contributed by atoms with Crippen LogP contribution in [0.4, 0.5) is 0 Å². The predicted octanol–water partition coefficient (Wildman–Crippen LogP) is 1.55. The highest BCUT2D eigenvalue weighted by Crippen LogP contribution is 2.36. The molecule has 0 aliphatic heterocycles. The maximum atomic E-state index is 12.1. The maximum Gasteiger partial charge on any atom is 0.295 e. The van der Waals surface area contributed by atoms with E-state index in [0.717, 1.165) is 9.19 Å². The Morgan fingerprint density at radius 2 is 1.70 bits per heavy atom. The summed E-state index contributed by atoms with van der Waals surface area (Å²) in [6, 6.07) is 0. The second-order valence-corrected chi connectivity index (χ2v) is 7.29. The van der Waals surface area contributed by atoms with Gasteiger partial charge in [0, 0.05) is 5.41 Å². The van der Waals surface area contributed by atoms with E-state index in [-0.39, 0.29) is 29.7 Å². The van der Waals surface area contributed by atoms with Crippen LogP contribution in [0.1, 0.15) is 32.3 Å². The Hall–Kier alpha value is -0.760. The lowest BCUT2D eigenvalue weighted by Gasteiger charge is -2.18. The second kappa shape index (κ2) is 5.22. The van der Waals surface area contributed by atoms with Crippen LogP contribution in [0, 0.1) is 0 Å². The summed E-state index contributed by atoms with van der Waals surface area (Å²) < 4.78 is 0.175. The quantitative estimate of drug-likeness (QED) is 0.567. The van der Waals surface area contributed by atoms with Crippen molar-refractivity contribution in [2.45, 2.75) is 30.0 Å². The van der Waals surface area contributed by atoms with Gasteiger partial charge in [0.2, 0.25) is 5.82 Å². The largest absolute Gasteiger partial charge is 0.333 e. The van der Waals surface area contributed by atoms with E-state index in [1.165, 1.54) is 0 Å². The van der Waals surface area contributed by atoms with Gasteiger partial charge >= 0.3 is 0 Å². The van der Waals surface area contributed by atoms with Crippen molar-refractivity contribution in [3.05, 3.63) is 21.9 Å². The number of alkyl halides is 3. The lowest BCUT2D eigenvalue weighted by Crippen LogP contribution is -2.38. The number of hydrogen-bond donors (Lipinski definition) is 1. The van der Waals surface area contributed by atoms with E-state index in [1.807, 2.05) is 20.8 Å². The van der Waals surface area contributed by atoms with Crippen molar-refractivity contribution in [2.24, 2.45) is 0 Å². The monoisotopic (exact) mass is 360 g/mol. The molecule has 0 aliphatic carbocycles. The third-order valence-corrected chi connectivity index (χ3v) is 2.93. The first-order valence-corrected chi connectivity index (χ1v) is 6.38. The van der Waals surface area contributed by atoms with Gasteiger partial charge in [-0.05, 0) is 0 Å². The molecule has 2 aromatic rings. The van der Waals surface area contributed by atoms with Crippen LogP contribution in [0.25, 0.3) is 5.78 Å². The van der Waals surface area contributed by atoms with Gasteiger partial charge in [0.05, 0.1) is 0 Å². The van der Waals surface area contributed by atoms with Crippen molar-refractivity contribution < 1.29 is 0 Å². The number of halogens is 4. The molecule has 2 heterocycles. The molecule has 0 aromatic carbocycles. The van der Waals surface area contributed by atoms with Gasteiger partial charge in [-0.2, -0.15) is 14.3 Å². The molecular formula is C9H12Cl4N6O. The van der Waals surface area contributed by atoms with Crippen molar-refractivity contribution in [2.75, 3.05) is 5.84 Å². The molecule has 11 heteroatoms. The highest BCUT2D eigenvalue weighted by Gasteiger charge is 2.32. The van der Waals surface area contributed by atoms with Gasteiger partial charge in [0.25, 0.3) is 15.1 Å². The summed E-state index contributed by atoms with van der Waals surface area (Å²) in [5, 5.41) is 11.6. The first-order valence-electron chi connectivity index (χ1n) is 5.24. The van der Waals surface area contributed by atoms with E-state index in [2.05, 4.69) is 15.3 Å². The van der Waals surface area contributed by atoms with Gasteiger partial charge in [-0.1, -0.05) is 55.6 Å². The molecule has 0 amide bonds. The fourth-order valence-corrected chi connectivity index (χ4v) is 1.86. The van der Waals surface area contributed by atoms with Gasteiger partial charge in [-0.15, -0.1) is 22.6 Å². The highest BCUT2D eigenvalue weighted by molar-refractivity contribution is 6.66. The third kappa shape index (κ3) is 2.81. The zero-order valence-electron chi connectivity index (χ0n) is 10.8. The Morgan fingerprint density at radius 3 is 2.15 bits per heavy atom. The van der Waals surface area contributed by atoms with Crippen LogP contribution in [-0.4, -0.2) is 24.5 Å². The summed E-state index contributed by atoms with van der Waals surface area (Å²) in [6.07, 6.45) is 0. The van der Waals surface area contributed by atoms with Crippen molar-refractivity contribution in [1.82, 2.24) is 24.5 Å². The summed E-state index contributed by atoms with van der Waals surface area (Å²) in [5.41, 5.74) is -0.775. The number of nitrogens with two attached hydrogens (primary N) is 1. The van der Waals surface area contributed by atoms with Crippen molar-refractivity contribution in [3.63, 3.8) is 0 Å². The lowest BCUT2D eigenvalue weighted by atomic mass is 9.93. The number of hydrogen-bond acceptors (Lipinski definition) is 5. The predicted molar refractivity (Wildman–Crippen MR) is 80.4 cm³/mol. The number of aromatic nitrogens is 5. The minimum absolute atomic E-state index is 0. The van der Waals surface area contributed by atoms with Gasteiger partial charge < -0.3 is 5.84 Å². The van der Waals surface area contributed by atoms with Crippen molar-refractivity contribution in [3.8, 4) is 0 Å². The first-order chi connectivity index (χ1) is 8.53. The normalized spacial score (nSPS) is 12.5. The van der Waals surface area contributed by atoms with E-state index in [0.29, 0.717) is 0 Å². The van der Waals surface area contributed by atoms with Gasteiger partial charge in [-0.3, -0.25) is 4.79 Å². The summed E-state index contributed by atoms with van der Waals surface area (Å²) in [5.74, 6) is 5.65. The molecule has 2 rings (SSSR count). The Kier molecular flexibility index (Phi) is 4.51. The average Bonchev–Trinajstić information content (AvgIpc) is 2.64. The second-order valence-electron chi connectivity index (χ2n) is 5.01.